The third-order valence-corrected chi connectivity index (χ3v) is 3.37. The molecule has 0 unspecified atom stereocenters. The maximum absolute atomic E-state index is 11.9. The molecule has 0 heterocycles. The van der Waals surface area contributed by atoms with E-state index in [9.17, 15) is 4.79 Å². The molecular weight excluding hydrogens is 190 g/mol. The molecule has 0 radical (unpaired) electrons. The van der Waals surface area contributed by atoms with E-state index in [2.05, 4.69) is 5.32 Å². The van der Waals surface area contributed by atoms with E-state index >= 15 is 0 Å². The summed E-state index contributed by atoms with van der Waals surface area (Å²) in [6.07, 6.45) is 4.40. The molecule has 4 heteroatoms. The second-order valence-electron chi connectivity index (χ2n) is 4.29. The topological polar surface area (TPSA) is 58.4 Å². The van der Waals surface area contributed by atoms with Crippen molar-refractivity contribution in [2.45, 2.75) is 45.1 Å². The van der Waals surface area contributed by atoms with Gasteiger partial charge in [-0.15, -0.1) is 0 Å². The molecule has 0 aromatic rings. The molecule has 0 bridgehead atoms. The van der Waals surface area contributed by atoms with E-state index in [4.69, 9.17) is 5.73 Å². The van der Waals surface area contributed by atoms with Crippen molar-refractivity contribution in [2.75, 3.05) is 19.6 Å². The van der Waals surface area contributed by atoms with Crippen LogP contribution in [0.4, 0.5) is 4.79 Å². The molecule has 0 aromatic carbocycles. The Kier molecular flexibility index (Phi) is 4.39. The summed E-state index contributed by atoms with van der Waals surface area (Å²) in [6, 6.07) is 0.0346. The van der Waals surface area contributed by atoms with E-state index < -0.39 is 0 Å². The lowest BCUT2D eigenvalue weighted by atomic mass is 9.98. The van der Waals surface area contributed by atoms with Gasteiger partial charge in [-0.2, -0.15) is 0 Å². The molecule has 0 saturated heterocycles. The highest BCUT2D eigenvalue weighted by Crippen LogP contribution is 2.28. The Labute approximate surface area is 92.2 Å². The van der Waals surface area contributed by atoms with E-state index in [1.807, 2.05) is 13.8 Å². The molecule has 1 fully saturated rings. The molecule has 1 saturated carbocycles. The van der Waals surface area contributed by atoms with Gasteiger partial charge in [-0.05, 0) is 26.7 Å². The lowest BCUT2D eigenvalue weighted by Crippen LogP contribution is -2.55. The number of urea groups is 1. The van der Waals surface area contributed by atoms with Crippen LogP contribution in [0.5, 0.6) is 0 Å². The molecule has 2 amide bonds. The van der Waals surface area contributed by atoms with Crippen molar-refractivity contribution in [3.8, 4) is 0 Å². The summed E-state index contributed by atoms with van der Waals surface area (Å²) in [6.45, 7) is 6.05. The third kappa shape index (κ3) is 2.84. The number of hydrogen-bond acceptors (Lipinski definition) is 2. The molecule has 88 valence electrons. The van der Waals surface area contributed by atoms with Gasteiger partial charge in [0.05, 0.1) is 5.54 Å². The second-order valence-corrected chi connectivity index (χ2v) is 4.29. The Bertz CT molecular complexity index is 208. The minimum atomic E-state index is -0.125. The van der Waals surface area contributed by atoms with Crippen molar-refractivity contribution in [1.29, 1.82) is 0 Å². The molecule has 3 N–H and O–H groups in total. The van der Waals surface area contributed by atoms with Gasteiger partial charge in [-0.25, -0.2) is 4.79 Å². The van der Waals surface area contributed by atoms with Crippen LogP contribution in [0.15, 0.2) is 0 Å². The average Bonchev–Trinajstić information content (AvgIpc) is 2.69. The van der Waals surface area contributed by atoms with Crippen LogP contribution in [0, 0.1) is 0 Å². The van der Waals surface area contributed by atoms with Crippen LogP contribution in [0.1, 0.15) is 39.5 Å². The number of nitrogens with one attached hydrogen (secondary N) is 1. The first-order valence-corrected chi connectivity index (χ1v) is 5.94. The van der Waals surface area contributed by atoms with E-state index in [1.165, 1.54) is 12.8 Å². The highest BCUT2D eigenvalue weighted by atomic mass is 16.2. The van der Waals surface area contributed by atoms with Gasteiger partial charge in [0.15, 0.2) is 0 Å². The van der Waals surface area contributed by atoms with E-state index in [-0.39, 0.29) is 11.6 Å². The van der Waals surface area contributed by atoms with Crippen LogP contribution in [-0.4, -0.2) is 36.1 Å². The Morgan fingerprint density at radius 3 is 2.27 bits per heavy atom. The maximum atomic E-state index is 11.9. The number of carbonyl (C=O) groups is 1. The van der Waals surface area contributed by atoms with Crippen molar-refractivity contribution >= 4 is 6.03 Å². The van der Waals surface area contributed by atoms with Crippen LogP contribution < -0.4 is 11.1 Å². The molecule has 15 heavy (non-hydrogen) atoms. The lowest BCUT2D eigenvalue weighted by molar-refractivity contribution is 0.188. The predicted octanol–water partition coefficient (Wildman–Crippen LogP) is 1.31. The Morgan fingerprint density at radius 2 is 1.87 bits per heavy atom. The summed E-state index contributed by atoms with van der Waals surface area (Å²) in [5.41, 5.74) is 5.64. The Hall–Kier alpha value is -0.770. The van der Waals surface area contributed by atoms with Crippen LogP contribution in [0.2, 0.25) is 0 Å². The fourth-order valence-corrected chi connectivity index (χ4v) is 2.25. The molecule has 1 aliphatic carbocycles. The molecule has 0 aliphatic heterocycles. The van der Waals surface area contributed by atoms with Crippen molar-refractivity contribution in [2.24, 2.45) is 5.73 Å². The zero-order valence-corrected chi connectivity index (χ0v) is 9.88. The molecule has 0 aromatic heterocycles. The zero-order chi connectivity index (χ0) is 11.3. The minimum Gasteiger partial charge on any atom is -0.331 e. The summed E-state index contributed by atoms with van der Waals surface area (Å²) in [5.74, 6) is 0. The number of nitrogens with zero attached hydrogens (tertiary/aromatic N) is 1. The standard InChI is InChI=1S/C11H23N3O/c1-3-14(4-2)10(15)13-11(9-12)7-5-6-8-11/h3-9,12H2,1-2H3,(H,13,15). The fraction of sp³-hybridized carbons (Fsp3) is 0.909. The van der Waals surface area contributed by atoms with Gasteiger partial charge in [0.25, 0.3) is 0 Å². The molecule has 1 aliphatic rings. The summed E-state index contributed by atoms with van der Waals surface area (Å²) < 4.78 is 0. The maximum Gasteiger partial charge on any atom is 0.317 e. The van der Waals surface area contributed by atoms with E-state index in [0.717, 1.165) is 25.9 Å². The van der Waals surface area contributed by atoms with E-state index in [1.54, 1.807) is 4.90 Å². The molecule has 0 spiro atoms. The quantitative estimate of drug-likeness (QED) is 0.739. The van der Waals surface area contributed by atoms with Gasteiger partial charge in [-0.3, -0.25) is 0 Å². The summed E-state index contributed by atoms with van der Waals surface area (Å²) in [7, 11) is 0. The van der Waals surface area contributed by atoms with Crippen LogP contribution in [0.3, 0.4) is 0 Å². The predicted molar refractivity (Wildman–Crippen MR) is 61.7 cm³/mol. The average molecular weight is 213 g/mol. The summed E-state index contributed by atoms with van der Waals surface area (Å²) >= 11 is 0. The first-order chi connectivity index (χ1) is 7.17. The highest BCUT2D eigenvalue weighted by molar-refractivity contribution is 5.75. The first-order valence-electron chi connectivity index (χ1n) is 5.94. The molecule has 1 rings (SSSR count). The van der Waals surface area contributed by atoms with Crippen LogP contribution in [-0.2, 0) is 0 Å². The number of rotatable bonds is 4. The van der Waals surface area contributed by atoms with Crippen molar-refractivity contribution in [1.82, 2.24) is 10.2 Å². The fourth-order valence-electron chi connectivity index (χ4n) is 2.25. The Balaban J connectivity index is 2.54. The molecule has 4 nitrogen and oxygen atoms in total. The lowest BCUT2D eigenvalue weighted by Gasteiger charge is -2.31. The number of carbonyl (C=O) groups excluding carboxylic acids is 1. The normalized spacial score (nSPS) is 18.9. The Morgan fingerprint density at radius 1 is 1.33 bits per heavy atom. The SMILES string of the molecule is CCN(CC)C(=O)NC1(CN)CCCC1. The van der Waals surface area contributed by atoms with Crippen LogP contribution >= 0.6 is 0 Å². The van der Waals surface area contributed by atoms with Gasteiger partial charge < -0.3 is 16.0 Å². The largest absolute Gasteiger partial charge is 0.331 e. The first kappa shape index (κ1) is 12.3. The van der Waals surface area contributed by atoms with Crippen molar-refractivity contribution < 1.29 is 4.79 Å². The smallest absolute Gasteiger partial charge is 0.317 e. The van der Waals surface area contributed by atoms with Gasteiger partial charge in [0, 0.05) is 19.6 Å². The van der Waals surface area contributed by atoms with Crippen molar-refractivity contribution in [3.05, 3.63) is 0 Å². The minimum absolute atomic E-state index is 0.0346. The third-order valence-electron chi connectivity index (χ3n) is 3.37. The van der Waals surface area contributed by atoms with Gasteiger partial charge in [0.1, 0.15) is 0 Å². The van der Waals surface area contributed by atoms with Gasteiger partial charge >= 0.3 is 6.03 Å². The summed E-state index contributed by atoms with van der Waals surface area (Å²) in [4.78, 5) is 13.7. The van der Waals surface area contributed by atoms with Crippen LogP contribution in [0.25, 0.3) is 0 Å². The number of amides is 2. The van der Waals surface area contributed by atoms with Gasteiger partial charge in [-0.1, -0.05) is 12.8 Å². The molecule has 0 atom stereocenters. The number of hydrogen-bond donors (Lipinski definition) is 2. The van der Waals surface area contributed by atoms with Crippen molar-refractivity contribution in [3.63, 3.8) is 0 Å². The zero-order valence-electron chi connectivity index (χ0n) is 9.88. The highest BCUT2D eigenvalue weighted by Gasteiger charge is 2.34. The number of nitrogens with two attached hydrogens (primary N) is 1. The monoisotopic (exact) mass is 213 g/mol. The second kappa shape index (κ2) is 5.35. The van der Waals surface area contributed by atoms with Gasteiger partial charge in [0.2, 0.25) is 0 Å². The summed E-state index contributed by atoms with van der Waals surface area (Å²) in [5, 5.41) is 3.11. The molecular formula is C11H23N3O. The van der Waals surface area contributed by atoms with E-state index in [0.29, 0.717) is 6.54 Å².